The third-order valence-electron chi connectivity index (χ3n) is 7.33. The highest BCUT2D eigenvalue weighted by Gasteiger charge is 2.40. The van der Waals surface area contributed by atoms with Crippen LogP contribution in [-0.4, -0.2) is 45.1 Å². The molecule has 1 atom stereocenters. The molecule has 4 rings (SSSR count). The van der Waals surface area contributed by atoms with Crippen LogP contribution in [0, 0.1) is 0 Å². The van der Waals surface area contributed by atoms with Crippen LogP contribution in [0.3, 0.4) is 0 Å². The second-order valence-electron chi connectivity index (χ2n) is 10.5. The first-order chi connectivity index (χ1) is 15.6. The number of carbonyl (C=O) groups is 1. The van der Waals surface area contributed by atoms with Crippen LogP contribution in [0.15, 0.2) is 18.2 Å². The smallest absolute Gasteiger partial charge is 0.348 e. The standard InChI is InChI=1S/C26H37NO4SSi/c1-7-29-25(28)21-16-18-20(32-21)12-11-19-23(18)17(13-15-31-22-10-8-9-14-30-22)24(27-19)33(5,6)26(2,3)4/h11-12,16,22,27H,7-10,13-15H2,1-6H3. The second-order valence-corrected chi connectivity index (χ2v) is 16.8. The third-order valence-corrected chi connectivity index (χ3v) is 13.8. The van der Waals surface area contributed by atoms with Crippen LogP contribution in [-0.2, 0) is 20.6 Å². The van der Waals surface area contributed by atoms with Gasteiger partial charge in [0.15, 0.2) is 6.29 Å². The van der Waals surface area contributed by atoms with Gasteiger partial charge in [0.25, 0.3) is 0 Å². The molecule has 1 unspecified atom stereocenters. The van der Waals surface area contributed by atoms with Gasteiger partial charge in [0.2, 0.25) is 0 Å². The van der Waals surface area contributed by atoms with Crippen molar-refractivity contribution in [2.24, 2.45) is 0 Å². The van der Waals surface area contributed by atoms with Crippen molar-refractivity contribution in [3.05, 3.63) is 28.6 Å². The number of esters is 1. The second kappa shape index (κ2) is 9.53. The maximum atomic E-state index is 12.4. The minimum absolute atomic E-state index is 0.0862. The number of benzene rings is 1. The van der Waals surface area contributed by atoms with Gasteiger partial charge in [0.1, 0.15) is 13.0 Å². The van der Waals surface area contributed by atoms with Crippen LogP contribution >= 0.6 is 11.3 Å². The molecule has 0 bridgehead atoms. The summed E-state index contributed by atoms with van der Waals surface area (Å²) in [6.07, 6.45) is 4.00. The number of ether oxygens (including phenoxy) is 3. The summed E-state index contributed by atoms with van der Waals surface area (Å²) in [5.74, 6) is -0.244. The summed E-state index contributed by atoms with van der Waals surface area (Å²) in [5, 5.41) is 3.94. The Hall–Kier alpha value is -1.67. The van der Waals surface area contributed by atoms with E-state index in [9.17, 15) is 4.79 Å². The zero-order valence-corrected chi connectivity index (χ0v) is 22.6. The van der Waals surface area contributed by atoms with Crippen molar-refractivity contribution < 1.29 is 19.0 Å². The van der Waals surface area contributed by atoms with Gasteiger partial charge in [-0.25, -0.2) is 4.79 Å². The summed E-state index contributed by atoms with van der Waals surface area (Å²) in [4.78, 5) is 16.9. The zero-order chi connectivity index (χ0) is 23.8. The van der Waals surface area contributed by atoms with Crippen molar-refractivity contribution in [3.8, 4) is 0 Å². The molecule has 1 aliphatic heterocycles. The fourth-order valence-corrected chi connectivity index (χ4v) is 7.64. The van der Waals surface area contributed by atoms with E-state index in [1.165, 1.54) is 34.0 Å². The number of thiophene rings is 1. The van der Waals surface area contributed by atoms with Gasteiger partial charge in [0.05, 0.1) is 13.2 Å². The van der Waals surface area contributed by atoms with Crippen LogP contribution in [0.1, 0.15) is 62.2 Å². The Balaban J connectivity index is 1.79. The van der Waals surface area contributed by atoms with Crippen LogP contribution in [0.25, 0.3) is 21.0 Å². The first kappa shape index (κ1) is 24.5. The van der Waals surface area contributed by atoms with Gasteiger partial charge in [-0.05, 0) is 61.4 Å². The topological polar surface area (TPSA) is 60.6 Å². The summed E-state index contributed by atoms with van der Waals surface area (Å²) in [6.45, 7) is 15.6. The first-order valence-electron chi connectivity index (χ1n) is 12.1. The molecule has 3 heterocycles. The molecule has 3 aromatic rings. The van der Waals surface area contributed by atoms with E-state index in [2.05, 4.69) is 51.0 Å². The lowest BCUT2D eigenvalue weighted by molar-refractivity contribution is -0.161. The molecule has 1 fully saturated rings. The van der Waals surface area contributed by atoms with Gasteiger partial charge in [-0.15, -0.1) is 11.3 Å². The number of H-pyrrole nitrogens is 1. The van der Waals surface area contributed by atoms with Crippen LogP contribution in [0.2, 0.25) is 18.1 Å². The van der Waals surface area contributed by atoms with E-state index in [-0.39, 0.29) is 17.3 Å². The van der Waals surface area contributed by atoms with Crippen molar-refractivity contribution in [1.29, 1.82) is 0 Å². The molecule has 33 heavy (non-hydrogen) atoms. The largest absolute Gasteiger partial charge is 0.462 e. The number of rotatable bonds is 7. The van der Waals surface area contributed by atoms with Gasteiger partial charge >= 0.3 is 5.97 Å². The van der Waals surface area contributed by atoms with Gasteiger partial charge in [0, 0.05) is 32.9 Å². The summed E-state index contributed by atoms with van der Waals surface area (Å²) in [6, 6.07) is 6.29. The predicted octanol–water partition coefficient (Wildman–Crippen LogP) is 6.36. The van der Waals surface area contributed by atoms with Crippen LogP contribution in [0.4, 0.5) is 0 Å². The Labute approximate surface area is 201 Å². The lowest BCUT2D eigenvalue weighted by Crippen LogP contribution is -2.51. The molecule has 1 aromatic carbocycles. The lowest BCUT2D eigenvalue weighted by Gasteiger charge is -2.37. The van der Waals surface area contributed by atoms with Crippen molar-refractivity contribution in [2.75, 3.05) is 19.8 Å². The van der Waals surface area contributed by atoms with E-state index in [1.54, 1.807) is 0 Å². The molecule has 2 aromatic heterocycles. The molecule has 0 aliphatic carbocycles. The molecule has 1 N–H and O–H groups in total. The average Bonchev–Trinajstić information content (AvgIpc) is 3.36. The van der Waals surface area contributed by atoms with Crippen LogP contribution < -0.4 is 5.32 Å². The molecule has 180 valence electrons. The Morgan fingerprint density at radius 2 is 2.06 bits per heavy atom. The molecule has 1 saturated heterocycles. The number of aromatic nitrogens is 1. The Bertz CT molecular complexity index is 1130. The first-order valence-corrected chi connectivity index (χ1v) is 15.9. The lowest BCUT2D eigenvalue weighted by atomic mass is 10.1. The molecular weight excluding hydrogens is 450 g/mol. The number of aromatic amines is 1. The minimum Gasteiger partial charge on any atom is -0.462 e. The third kappa shape index (κ3) is 4.78. The van der Waals surface area contributed by atoms with E-state index in [4.69, 9.17) is 14.2 Å². The number of carbonyl (C=O) groups excluding carboxylic acids is 1. The quantitative estimate of drug-likeness (QED) is 0.311. The fourth-order valence-electron chi connectivity index (χ4n) is 4.47. The number of hydrogen-bond donors (Lipinski definition) is 1. The summed E-state index contributed by atoms with van der Waals surface area (Å²) >= 11 is 1.51. The monoisotopic (exact) mass is 487 g/mol. The van der Waals surface area contributed by atoms with Gasteiger partial charge < -0.3 is 19.2 Å². The van der Waals surface area contributed by atoms with Crippen molar-refractivity contribution in [2.45, 2.75) is 77.8 Å². The van der Waals surface area contributed by atoms with Gasteiger partial charge in [-0.2, -0.15) is 0 Å². The number of hydrogen-bond acceptors (Lipinski definition) is 5. The Kier molecular flexibility index (Phi) is 7.06. The molecule has 7 heteroatoms. The SMILES string of the molecule is CCOC(=O)c1cc2c(ccc3[nH]c([Si](C)(C)C(C)(C)C)c(CCOC4CCCCO4)c32)s1. The van der Waals surface area contributed by atoms with Gasteiger partial charge in [-0.3, -0.25) is 0 Å². The van der Waals surface area contributed by atoms with E-state index >= 15 is 0 Å². The Morgan fingerprint density at radius 3 is 2.73 bits per heavy atom. The highest BCUT2D eigenvalue weighted by atomic mass is 32.1. The summed E-state index contributed by atoms with van der Waals surface area (Å²) in [5.41, 5.74) is 2.48. The molecular formula is C26H37NO4SSi. The van der Waals surface area contributed by atoms with Crippen molar-refractivity contribution in [3.63, 3.8) is 0 Å². The minimum atomic E-state index is -1.84. The van der Waals surface area contributed by atoms with E-state index in [0.29, 0.717) is 18.1 Å². The summed E-state index contributed by atoms with van der Waals surface area (Å²) < 4.78 is 18.3. The highest BCUT2D eigenvalue weighted by Crippen LogP contribution is 2.39. The van der Waals surface area contributed by atoms with Crippen LogP contribution in [0.5, 0.6) is 0 Å². The predicted molar refractivity (Wildman–Crippen MR) is 140 cm³/mol. The molecule has 0 radical (unpaired) electrons. The molecule has 0 amide bonds. The number of nitrogens with one attached hydrogen (secondary N) is 1. The number of fused-ring (bicyclic) bond motifs is 3. The summed E-state index contributed by atoms with van der Waals surface area (Å²) in [7, 11) is -1.84. The zero-order valence-electron chi connectivity index (χ0n) is 20.8. The molecule has 0 saturated carbocycles. The van der Waals surface area contributed by atoms with E-state index < -0.39 is 8.07 Å². The van der Waals surface area contributed by atoms with Gasteiger partial charge in [-0.1, -0.05) is 33.9 Å². The highest BCUT2D eigenvalue weighted by molar-refractivity contribution is 7.20. The molecule has 5 nitrogen and oxygen atoms in total. The van der Waals surface area contributed by atoms with Crippen molar-refractivity contribution >= 4 is 51.7 Å². The average molecular weight is 488 g/mol. The van der Waals surface area contributed by atoms with E-state index in [1.807, 2.05) is 13.0 Å². The Morgan fingerprint density at radius 1 is 1.27 bits per heavy atom. The molecule has 1 aliphatic rings. The van der Waals surface area contributed by atoms with E-state index in [0.717, 1.165) is 41.5 Å². The molecule has 0 spiro atoms. The fraction of sp³-hybridized carbons (Fsp3) is 0.577. The normalized spacial score (nSPS) is 17.7. The maximum absolute atomic E-state index is 12.4. The maximum Gasteiger partial charge on any atom is 0.348 e. The van der Waals surface area contributed by atoms with Crippen molar-refractivity contribution in [1.82, 2.24) is 4.98 Å².